The molecular weight excluding hydrogens is 455 g/mol. The SMILES string of the molecule is C=C(C)C[C@@H](c1cc(Br)cc(Br)c1O)N1CCNCC1.Cl.Cl. The highest BCUT2D eigenvalue weighted by molar-refractivity contribution is 9.11. The summed E-state index contributed by atoms with van der Waals surface area (Å²) in [5.41, 5.74) is 2.08. The maximum Gasteiger partial charge on any atom is 0.134 e. The monoisotopic (exact) mass is 474 g/mol. The van der Waals surface area contributed by atoms with E-state index in [1.54, 1.807) is 0 Å². The summed E-state index contributed by atoms with van der Waals surface area (Å²) < 4.78 is 1.70. The van der Waals surface area contributed by atoms with Gasteiger partial charge in [-0.05, 0) is 41.4 Å². The smallest absolute Gasteiger partial charge is 0.134 e. The largest absolute Gasteiger partial charge is 0.506 e. The summed E-state index contributed by atoms with van der Waals surface area (Å²) in [4.78, 5) is 2.42. The summed E-state index contributed by atoms with van der Waals surface area (Å²) >= 11 is 6.93. The molecule has 0 saturated carbocycles. The summed E-state index contributed by atoms with van der Waals surface area (Å²) in [6, 6.07) is 4.05. The number of benzene rings is 1. The molecular formula is C15H22Br2Cl2N2O. The Morgan fingerprint density at radius 2 is 1.91 bits per heavy atom. The highest BCUT2D eigenvalue weighted by Crippen LogP contribution is 2.39. The highest BCUT2D eigenvalue weighted by atomic mass is 79.9. The van der Waals surface area contributed by atoms with Gasteiger partial charge in [-0.15, -0.1) is 31.4 Å². The molecule has 0 spiro atoms. The number of nitrogens with zero attached hydrogens (tertiary/aromatic N) is 1. The Labute approximate surface area is 161 Å². The van der Waals surface area contributed by atoms with Crippen molar-refractivity contribution in [3.63, 3.8) is 0 Å². The fourth-order valence-corrected chi connectivity index (χ4v) is 3.86. The number of hydrogen-bond acceptors (Lipinski definition) is 3. The normalized spacial score (nSPS) is 16.3. The molecule has 1 aromatic carbocycles. The number of phenolic OH excluding ortho intramolecular Hbond substituents is 1. The van der Waals surface area contributed by atoms with Crippen LogP contribution in [0, 0.1) is 0 Å². The van der Waals surface area contributed by atoms with Crippen molar-refractivity contribution in [2.24, 2.45) is 0 Å². The molecule has 1 aliphatic rings. The van der Waals surface area contributed by atoms with E-state index < -0.39 is 0 Å². The van der Waals surface area contributed by atoms with Crippen LogP contribution in [0.25, 0.3) is 0 Å². The molecule has 2 N–H and O–H groups in total. The van der Waals surface area contributed by atoms with Crippen molar-refractivity contribution < 1.29 is 5.11 Å². The van der Waals surface area contributed by atoms with Crippen molar-refractivity contribution in [2.75, 3.05) is 26.2 Å². The van der Waals surface area contributed by atoms with Crippen molar-refractivity contribution in [1.82, 2.24) is 10.2 Å². The van der Waals surface area contributed by atoms with Gasteiger partial charge in [-0.1, -0.05) is 21.5 Å². The van der Waals surface area contributed by atoms with Crippen LogP contribution in [0.3, 0.4) is 0 Å². The third-order valence-electron chi connectivity index (χ3n) is 3.55. The second-order valence-electron chi connectivity index (χ2n) is 5.29. The van der Waals surface area contributed by atoms with Crippen LogP contribution < -0.4 is 5.32 Å². The number of nitrogens with one attached hydrogen (secondary N) is 1. The third-order valence-corrected chi connectivity index (χ3v) is 4.61. The van der Waals surface area contributed by atoms with Crippen LogP contribution in [-0.4, -0.2) is 36.2 Å². The predicted molar refractivity (Wildman–Crippen MR) is 105 cm³/mol. The summed E-state index contributed by atoms with van der Waals surface area (Å²) in [5.74, 6) is 0.331. The Hall–Kier alpha value is 0.220. The lowest BCUT2D eigenvalue weighted by Gasteiger charge is -2.36. The summed E-state index contributed by atoms with van der Waals surface area (Å²) in [6.45, 7) is 10.0. The third kappa shape index (κ3) is 5.69. The van der Waals surface area contributed by atoms with Crippen LogP contribution in [0.2, 0.25) is 0 Å². The van der Waals surface area contributed by atoms with Gasteiger partial charge in [-0.3, -0.25) is 4.90 Å². The van der Waals surface area contributed by atoms with Crippen molar-refractivity contribution in [2.45, 2.75) is 19.4 Å². The van der Waals surface area contributed by atoms with Crippen molar-refractivity contribution in [1.29, 1.82) is 0 Å². The zero-order chi connectivity index (χ0) is 14.7. The van der Waals surface area contributed by atoms with E-state index in [2.05, 4.69) is 48.7 Å². The van der Waals surface area contributed by atoms with Crippen LogP contribution in [0.15, 0.2) is 33.2 Å². The van der Waals surface area contributed by atoms with Gasteiger partial charge >= 0.3 is 0 Å². The maximum atomic E-state index is 10.4. The second kappa shape index (κ2) is 10.2. The Morgan fingerprint density at radius 1 is 1.32 bits per heavy atom. The minimum Gasteiger partial charge on any atom is -0.506 e. The summed E-state index contributed by atoms with van der Waals surface area (Å²) in [5, 5.41) is 13.8. The molecule has 1 heterocycles. The van der Waals surface area contributed by atoms with E-state index in [0.29, 0.717) is 5.75 Å². The van der Waals surface area contributed by atoms with E-state index in [9.17, 15) is 5.11 Å². The Balaban J connectivity index is 0.00000220. The Morgan fingerprint density at radius 3 is 2.45 bits per heavy atom. The van der Waals surface area contributed by atoms with Crippen LogP contribution in [0.5, 0.6) is 5.75 Å². The standard InChI is InChI=1S/C15H20Br2N2O.2ClH/c1-10(2)7-14(19-5-3-18-4-6-19)12-8-11(16)9-13(17)15(12)20;;/h8-9,14,18,20H,1,3-7H2,2H3;2*1H/t14-;;/m0../s1. The van der Waals surface area contributed by atoms with Crippen LogP contribution in [0.4, 0.5) is 0 Å². The molecule has 3 nitrogen and oxygen atoms in total. The minimum atomic E-state index is 0. The van der Waals surface area contributed by atoms with Gasteiger partial charge in [0.25, 0.3) is 0 Å². The fourth-order valence-electron chi connectivity index (χ4n) is 2.60. The molecule has 0 aliphatic carbocycles. The van der Waals surface area contributed by atoms with Gasteiger partial charge < -0.3 is 10.4 Å². The molecule has 7 heteroatoms. The molecule has 0 aromatic heterocycles. The molecule has 1 atom stereocenters. The molecule has 0 unspecified atom stereocenters. The highest BCUT2D eigenvalue weighted by Gasteiger charge is 2.25. The first kappa shape index (κ1) is 22.2. The first-order chi connectivity index (χ1) is 9.49. The molecule has 1 aliphatic heterocycles. The second-order valence-corrected chi connectivity index (χ2v) is 7.06. The van der Waals surface area contributed by atoms with Gasteiger partial charge in [0.2, 0.25) is 0 Å². The van der Waals surface area contributed by atoms with E-state index in [-0.39, 0.29) is 30.9 Å². The Kier molecular flexibility index (Phi) is 10.3. The lowest BCUT2D eigenvalue weighted by atomic mass is 9.97. The number of piperazine rings is 1. The number of rotatable bonds is 4. The molecule has 1 aromatic rings. The van der Waals surface area contributed by atoms with E-state index in [4.69, 9.17) is 0 Å². The molecule has 22 heavy (non-hydrogen) atoms. The minimum absolute atomic E-state index is 0. The molecule has 1 fully saturated rings. The topological polar surface area (TPSA) is 35.5 Å². The van der Waals surface area contributed by atoms with Crippen molar-refractivity contribution >= 4 is 56.7 Å². The number of halogens is 4. The molecule has 126 valence electrons. The van der Waals surface area contributed by atoms with Gasteiger partial charge in [0.05, 0.1) is 4.47 Å². The maximum absolute atomic E-state index is 10.4. The van der Waals surface area contributed by atoms with Gasteiger partial charge in [0, 0.05) is 42.3 Å². The van der Waals surface area contributed by atoms with E-state index in [1.807, 2.05) is 19.1 Å². The molecule has 0 amide bonds. The zero-order valence-corrected chi connectivity index (χ0v) is 17.2. The van der Waals surface area contributed by atoms with E-state index >= 15 is 0 Å². The van der Waals surface area contributed by atoms with Crippen LogP contribution >= 0.6 is 56.7 Å². The van der Waals surface area contributed by atoms with Gasteiger partial charge in [-0.2, -0.15) is 0 Å². The first-order valence-corrected chi connectivity index (χ1v) is 8.34. The van der Waals surface area contributed by atoms with Gasteiger partial charge in [0.15, 0.2) is 0 Å². The number of phenols is 1. The van der Waals surface area contributed by atoms with E-state index in [0.717, 1.165) is 52.7 Å². The lowest BCUT2D eigenvalue weighted by Crippen LogP contribution is -2.45. The Bertz CT molecular complexity index is 509. The number of aromatic hydroxyl groups is 1. The van der Waals surface area contributed by atoms with Gasteiger partial charge in [0.1, 0.15) is 5.75 Å². The van der Waals surface area contributed by atoms with Crippen LogP contribution in [0.1, 0.15) is 24.9 Å². The average Bonchev–Trinajstić information content (AvgIpc) is 2.41. The first-order valence-electron chi connectivity index (χ1n) is 6.76. The quantitative estimate of drug-likeness (QED) is 0.620. The average molecular weight is 477 g/mol. The van der Waals surface area contributed by atoms with Crippen molar-refractivity contribution in [3.05, 3.63) is 38.8 Å². The van der Waals surface area contributed by atoms with E-state index in [1.165, 1.54) is 0 Å². The molecule has 1 saturated heterocycles. The molecule has 0 bridgehead atoms. The fraction of sp³-hybridized carbons (Fsp3) is 0.467. The van der Waals surface area contributed by atoms with Crippen molar-refractivity contribution in [3.8, 4) is 5.75 Å². The zero-order valence-electron chi connectivity index (χ0n) is 12.4. The summed E-state index contributed by atoms with van der Waals surface area (Å²) in [6.07, 6.45) is 0.858. The summed E-state index contributed by atoms with van der Waals surface area (Å²) in [7, 11) is 0. The van der Waals surface area contributed by atoms with Gasteiger partial charge in [-0.25, -0.2) is 0 Å². The lowest BCUT2D eigenvalue weighted by molar-refractivity contribution is 0.169. The van der Waals surface area contributed by atoms with Crippen LogP contribution in [-0.2, 0) is 0 Å². The number of hydrogen-bond donors (Lipinski definition) is 2. The molecule has 0 radical (unpaired) electrons. The predicted octanol–water partition coefficient (Wildman–Crippen LogP) is 4.67. The molecule has 2 rings (SSSR count).